The topological polar surface area (TPSA) is 79.0 Å². The lowest BCUT2D eigenvalue weighted by Crippen LogP contribution is -1.96. The Morgan fingerprint density at radius 2 is 2.00 bits per heavy atom. The largest absolute Gasteiger partial charge is 0.424 e. The summed E-state index contributed by atoms with van der Waals surface area (Å²) in [5.41, 5.74) is 1.73. The fraction of sp³-hybridized carbons (Fsp3) is 0.154. The molecule has 0 amide bonds. The molecule has 1 N–H and O–H groups in total. The van der Waals surface area contributed by atoms with Crippen LogP contribution in [0, 0.1) is 18.3 Å². The number of hydrogen-bond acceptors (Lipinski definition) is 5. The van der Waals surface area contributed by atoms with Gasteiger partial charge in [0, 0.05) is 5.69 Å². The van der Waals surface area contributed by atoms with E-state index in [-0.39, 0.29) is 18.3 Å². The zero-order valence-electron chi connectivity index (χ0n) is 9.79. The van der Waals surface area contributed by atoms with Crippen LogP contribution < -0.4 is 4.74 Å². The lowest BCUT2D eigenvalue weighted by Gasteiger charge is -2.05. The Hall–Kier alpha value is -2.45. The average molecular weight is 241 g/mol. The Morgan fingerprint density at radius 1 is 1.28 bits per heavy atom. The Morgan fingerprint density at radius 3 is 2.61 bits per heavy atom. The minimum atomic E-state index is -0.0141. The number of aromatic nitrogens is 2. The fourth-order valence-electron chi connectivity index (χ4n) is 1.41. The number of aliphatic hydroxyl groups excluding tert-OH is 1. The third kappa shape index (κ3) is 2.81. The molecule has 5 heteroatoms. The van der Waals surface area contributed by atoms with Crippen molar-refractivity contribution >= 4 is 0 Å². The molecule has 0 aliphatic rings. The number of rotatable bonds is 3. The van der Waals surface area contributed by atoms with Crippen LogP contribution >= 0.6 is 0 Å². The van der Waals surface area contributed by atoms with E-state index in [1.165, 1.54) is 0 Å². The molecule has 0 fully saturated rings. The van der Waals surface area contributed by atoms with Crippen LogP contribution in [0.25, 0.3) is 0 Å². The minimum Gasteiger partial charge on any atom is -0.424 e. The molecule has 0 aliphatic carbocycles. The van der Waals surface area contributed by atoms with Gasteiger partial charge in [0.2, 0.25) is 0 Å². The summed E-state index contributed by atoms with van der Waals surface area (Å²) in [5.74, 6) is 0.557. The van der Waals surface area contributed by atoms with Gasteiger partial charge in [-0.25, -0.2) is 4.98 Å². The van der Waals surface area contributed by atoms with E-state index in [0.717, 1.165) is 5.56 Å². The normalized spacial score (nSPS) is 9.83. The van der Waals surface area contributed by atoms with Crippen molar-refractivity contribution in [2.75, 3.05) is 0 Å². The number of aliphatic hydroxyl groups is 1. The molecule has 2 rings (SSSR count). The molecule has 5 nitrogen and oxygen atoms in total. The second-order valence-electron chi connectivity index (χ2n) is 3.69. The highest BCUT2D eigenvalue weighted by Crippen LogP contribution is 2.18. The van der Waals surface area contributed by atoms with Gasteiger partial charge in [0.25, 0.3) is 0 Å². The zero-order chi connectivity index (χ0) is 13.0. The number of aryl methyl sites for hydroxylation is 1. The van der Waals surface area contributed by atoms with Gasteiger partial charge in [0.05, 0.1) is 6.61 Å². The number of nitriles is 1. The first-order valence-corrected chi connectivity index (χ1v) is 5.34. The quantitative estimate of drug-likeness (QED) is 0.888. The summed E-state index contributed by atoms with van der Waals surface area (Å²) in [5, 5.41) is 17.7. The van der Waals surface area contributed by atoms with Crippen LogP contribution in [-0.4, -0.2) is 15.1 Å². The van der Waals surface area contributed by atoms with E-state index in [2.05, 4.69) is 9.97 Å². The van der Waals surface area contributed by atoms with Gasteiger partial charge in [-0.1, -0.05) is 12.1 Å². The van der Waals surface area contributed by atoms with Crippen LogP contribution in [-0.2, 0) is 6.61 Å². The van der Waals surface area contributed by atoms with Crippen molar-refractivity contribution in [3.05, 3.63) is 47.3 Å². The van der Waals surface area contributed by atoms with Crippen molar-refractivity contribution in [1.82, 2.24) is 9.97 Å². The van der Waals surface area contributed by atoms with Crippen LogP contribution in [0.2, 0.25) is 0 Å². The summed E-state index contributed by atoms with van der Waals surface area (Å²) in [6, 6.07) is 10.6. The molecule has 0 saturated carbocycles. The first-order valence-electron chi connectivity index (χ1n) is 5.34. The lowest BCUT2D eigenvalue weighted by atomic mass is 10.2. The van der Waals surface area contributed by atoms with Crippen molar-refractivity contribution in [2.45, 2.75) is 13.5 Å². The Balaban J connectivity index is 2.22. The van der Waals surface area contributed by atoms with Gasteiger partial charge in [0.1, 0.15) is 17.5 Å². The molecular formula is C13H11N3O2. The predicted octanol–water partition coefficient (Wildman–Crippen LogP) is 1.94. The van der Waals surface area contributed by atoms with E-state index in [4.69, 9.17) is 15.1 Å². The van der Waals surface area contributed by atoms with Crippen LogP contribution in [0.3, 0.4) is 0 Å². The molecule has 0 bridgehead atoms. The average Bonchev–Trinajstić information content (AvgIpc) is 2.39. The second kappa shape index (κ2) is 5.25. The van der Waals surface area contributed by atoms with Crippen LogP contribution in [0.5, 0.6) is 11.8 Å². The summed E-state index contributed by atoms with van der Waals surface area (Å²) >= 11 is 0. The third-order valence-electron chi connectivity index (χ3n) is 2.26. The smallest absolute Gasteiger partial charge is 0.323 e. The van der Waals surface area contributed by atoms with E-state index < -0.39 is 0 Å². The second-order valence-corrected chi connectivity index (χ2v) is 3.69. The zero-order valence-corrected chi connectivity index (χ0v) is 9.79. The Kier molecular flexibility index (Phi) is 3.51. The van der Waals surface area contributed by atoms with Crippen LogP contribution in [0.15, 0.2) is 30.3 Å². The molecule has 2 aromatic rings. The summed E-state index contributed by atoms with van der Waals surface area (Å²) < 4.78 is 5.45. The molecule has 1 aromatic heterocycles. The van der Waals surface area contributed by atoms with Crippen molar-refractivity contribution in [2.24, 2.45) is 0 Å². The maximum atomic E-state index is 8.92. The maximum Gasteiger partial charge on any atom is 0.323 e. The molecule has 0 aliphatic heterocycles. The van der Waals surface area contributed by atoms with Gasteiger partial charge in [-0.2, -0.15) is 10.2 Å². The molecular weight excluding hydrogens is 230 g/mol. The molecule has 0 atom stereocenters. The minimum absolute atomic E-state index is 0.0141. The Bertz CT molecular complexity index is 588. The summed E-state index contributed by atoms with van der Waals surface area (Å²) in [6.07, 6.45) is 0. The van der Waals surface area contributed by atoms with Gasteiger partial charge in [-0.3, -0.25) is 0 Å². The SMILES string of the molecule is Cc1cc(C#N)nc(Oc2ccc(CO)cc2)n1. The van der Waals surface area contributed by atoms with E-state index in [0.29, 0.717) is 11.4 Å². The third-order valence-corrected chi connectivity index (χ3v) is 2.26. The monoisotopic (exact) mass is 241 g/mol. The highest BCUT2D eigenvalue weighted by atomic mass is 16.5. The molecule has 0 saturated heterocycles. The summed E-state index contributed by atoms with van der Waals surface area (Å²) in [6.45, 7) is 1.75. The summed E-state index contributed by atoms with van der Waals surface area (Å²) in [4.78, 5) is 8.03. The number of ether oxygens (including phenoxy) is 1. The first kappa shape index (κ1) is 12.0. The van der Waals surface area contributed by atoms with Gasteiger partial charge < -0.3 is 9.84 Å². The molecule has 1 heterocycles. The Labute approximate surface area is 104 Å². The highest BCUT2D eigenvalue weighted by Gasteiger charge is 2.04. The maximum absolute atomic E-state index is 8.92. The van der Waals surface area contributed by atoms with Crippen LogP contribution in [0.1, 0.15) is 17.0 Å². The highest BCUT2D eigenvalue weighted by molar-refractivity contribution is 5.30. The van der Waals surface area contributed by atoms with Gasteiger partial charge in [0.15, 0.2) is 0 Å². The standard InChI is InChI=1S/C13H11N3O2/c1-9-6-11(7-14)16-13(15-9)18-12-4-2-10(8-17)3-5-12/h2-6,17H,8H2,1H3. The van der Waals surface area contributed by atoms with Gasteiger partial charge in [-0.15, -0.1) is 0 Å². The van der Waals surface area contributed by atoms with E-state index in [1.54, 1.807) is 37.3 Å². The molecule has 1 aromatic carbocycles. The number of hydrogen-bond donors (Lipinski definition) is 1. The van der Waals surface area contributed by atoms with Crippen molar-refractivity contribution in [1.29, 1.82) is 5.26 Å². The first-order chi connectivity index (χ1) is 8.71. The molecule has 0 unspecified atom stereocenters. The number of nitrogens with zero attached hydrogens (tertiary/aromatic N) is 3. The van der Waals surface area contributed by atoms with Crippen molar-refractivity contribution in [3.63, 3.8) is 0 Å². The van der Waals surface area contributed by atoms with Crippen molar-refractivity contribution in [3.8, 4) is 17.8 Å². The number of benzene rings is 1. The molecule has 18 heavy (non-hydrogen) atoms. The predicted molar refractivity (Wildman–Crippen MR) is 63.9 cm³/mol. The van der Waals surface area contributed by atoms with Gasteiger partial charge >= 0.3 is 6.01 Å². The van der Waals surface area contributed by atoms with E-state index in [1.807, 2.05) is 6.07 Å². The van der Waals surface area contributed by atoms with Gasteiger partial charge in [-0.05, 0) is 30.7 Å². The van der Waals surface area contributed by atoms with E-state index in [9.17, 15) is 0 Å². The fourth-order valence-corrected chi connectivity index (χ4v) is 1.41. The van der Waals surface area contributed by atoms with Crippen molar-refractivity contribution < 1.29 is 9.84 Å². The van der Waals surface area contributed by atoms with E-state index >= 15 is 0 Å². The molecule has 90 valence electrons. The molecule has 0 radical (unpaired) electrons. The lowest BCUT2D eigenvalue weighted by molar-refractivity contribution is 0.281. The summed E-state index contributed by atoms with van der Waals surface area (Å²) in [7, 11) is 0. The molecule has 0 spiro atoms. The van der Waals surface area contributed by atoms with Crippen LogP contribution in [0.4, 0.5) is 0 Å².